The Bertz CT molecular complexity index is 793. The third-order valence-corrected chi connectivity index (χ3v) is 4.94. The van der Waals surface area contributed by atoms with E-state index >= 15 is 0 Å². The van der Waals surface area contributed by atoms with Gasteiger partial charge >= 0.3 is 0 Å². The van der Waals surface area contributed by atoms with E-state index in [0.717, 1.165) is 36.5 Å². The Morgan fingerprint density at radius 3 is 2.33 bits per heavy atom. The largest absolute Gasteiger partial charge is 0.484 e. The highest BCUT2D eigenvalue weighted by Crippen LogP contribution is 2.18. The predicted molar refractivity (Wildman–Crippen MR) is 107 cm³/mol. The highest BCUT2D eigenvalue weighted by molar-refractivity contribution is 5.94. The van der Waals surface area contributed by atoms with Gasteiger partial charge in [0.25, 0.3) is 5.91 Å². The van der Waals surface area contributed by atoms with E-state index < -0.39 is 0 Å². The molecule has 1 heterocycles. The zero-order chi connectivity index (χ0) is 19.2. The Balaban J connectivity index is 1.49. The number of aryl methyl sites for hydroxylation is 1. The van der Waals surface area contributed by atoms with Gasteiger partial charge in [-0.3, -0.25) is 9.59 Å². The summed E-state index contributed by atoms with van der Waals surface area (Å²) < 4.78 is 5.67. The first-order valence-corrected chi connectivity index (χ1v) is 9.42. The van der Waals surface area contributed by atoms with Crippen molar-refractivity contribution >= 4 is 17.4 Å². The van der Waals surface area contributed by atoms with E-state index in [9.17, 15) is 9.59 Å². The Hall–Kier alpha value is -2.82. The summed E-state index contributed by atoms with van der Waals surface area (Å²) in [6, 6.07) is 15.5. The minimum absolute atomic E-state index is 0.0171. The number of carbonyl (C=O) groups is 2. The average Bonchev–Trinajstić information content (AvgIpc) is 2.72. The lowest BCUT2D eigenvalue weighted by atomic mass is 10.1. The Morgan fingerprint density at radius 2 is 1.70 bits per heavy atom. The van der Waals surface area contributed by atoms with Crippen LogP contribution in [0.15, 0.2) is 48.5 Å². The number of anilines is 1. The molecule has 0 bridgehead atoms. The van der Waals surface area contributed by atoms with Crippen LogP contribution >= 0.6 is 0 Å². The number of ether oxygens (including phenoxy) is 1. The van der Waals surface area contributed by atoms with Crippen molar-refractivity contribution in [1.29, 1.82) is 0 Å². The Labute approximate surface area is 160 Å². The van der Waals surface area contributed by atoms with Gasteiger partial charge in [0.05, 0.1) is 0 Å². The molecule has 5 nitrogen and oxygen atoms in total. The number of amides is 1. The molecule has 0 unspecified atom stereocenters. The number of carbonyl (C=O) groups excluding carboxylic acids is 2. The third kappa shape index (κ3) is 4.88. The molecule has 0 aliphatic carbocycles. The minimum atomic E-state index is 0.0171. The van der Waals surface area contributed by atoms with E-state index in [1.54, 1.807) is 6.92 Å². The smallest absolute Gasteiger partial charge is 0.260 e. The van der Waals surface area contributed by atoms with Crippen LogP contribution in [0.4, 0.5) is 5.69 Å². The first kappa shape index (κ1) is 19.0. The zero-order valence-electron chi connectivity index (χ0n) is 16.0. The molecule has 142 valence electrons. The van der Waals surface area contributed by atoms with Gasteiger partial charge in [0.1, 0.15) is 5.75 Å². The van der Waals surface area contributed by atoms with Crippen LogP contribution < -0.4 is 9.64 Å². The Kier molecular flexibility index (Phi) is 6.12. The summed E-state index contributed by atoms with van der Waals surface area (Å²) in [4.78, 5) is 27.9. The third-order valence-electron chi connectivity index (χ3n) is 4.94. The van der Waals surface area contributed by atoms with E-state index in [4.69, 9.17) is 4.74 Å². The first-order chi connectivity index (χ1) is 13.1. The molecule has 0 N–H and O–H groups in total. The lowest BCUT2D eigenvalue weighted by molar-refractivity contribution is -0.133. The van der Waals surface area contributed by atoms with Crippen molar-refractivity contribution in [2.75, 3.05) is 37.7 Å². The van der Waals surface area contributed by atoms with Gasteiger partial charge in [-0.25, -0.2) is 0 Å². The molecule has 3 rings (SSSR count). The van der Waals surface area contributed by atoms with E-state index in [-0.39, 0.29) is 18.3 Å². The van der Waals surface area contributed by atoms with Gasteiger partial charge in [-0.1, -0.05) is 19.1 Å². The van der Waals surface area contributed by atoms with Crippen LogP contribution in [-0.4, -0.2) is 49.4 Å². The van der Waals surface area contributed by atoms with Gasteiger partial charge < -0.3 is 14.5 Å². The van der Waals surface area contributed by atoms with Crippen molar-refractivity contribution in [1.82, 2.24) is 4.90 Å². The molecule has 0 saturated carbocycles. The highest BCUT2D eigenvalue weighted by atomic mass is 16.5. The van der Waals surface area contributed by atoms with Gasteiger partial charge in [0.15, 0.2) is 12.4 Å². The van der Waals surface area contributed by atoms with Gasteiger partial charge in [-0.05, 0) is 55.3 Å². The fourth-order valence-corrected chi connectivity index (χ4v) is 3.21. The van der Waals surface area contributed by atoms with Crippen molar-refractivity contribution in [2.45, 2.75) is 20.3 Å². The second-order valence-electron chi connectivity index (χ2n) is 6.76. The van der Waals surface area contributed by atoms with Crippen LogP contribution in [0.5, 0.6) is 5.75 Å². The van der Waals surface area contributed by atoms with Gasteiger partial charge in [-0.15, -0.1) is 0 Å². The number of hydrogen-bond acceptors (Lipinski definition) is 4. The number of piperazine rings is 1. The summed E-state index contributed by atoms with van der Waals surface area (Å²) in [6.45, 7) is 6.63. The van der Waals surface area contributed by atoms with Gasteiger partial charge in [0, 0.05) is 37.4 Å². The normalized spacial score (nSPS) is 14.1. The quantitative estimate of drug-likeness (QED) is 0.737. The van der Waals surface area contributed by atoms with Crippen molar-refractivity contribution in [3.63, 3.8) is 0 Å². The molecule has 0 radical (unpaired) electrons. The number of hydrogen-bond donors (Lipinski definition) is 0. The highest BCUT2D eigenvalue weighted by Gasteiger charge is 2.21. The number of rotatable bonds is 6. The number of Topliss-reactive ketones (excluding diaryl/α,β-unsaturated/α-hetero) is 1. The number of benzene rings is 2. The van der Waals surface area contributed by atoms with Crippen LogP contribution in [0, 0.1) is 0 Å². The molecule has 1 aliphatic heterocycles. The van der Waals surface area contributed by atoms with E-state index in [0.29, 0.717) is 13.1 Å². The van der Waals surface area contributed by atoms with Crippen LogP contribution in [0.2, 0.25) is 0 Å². The Morgan fingerprint density at radius 1 is 1.00 bits per heavy atom. The van der Waals surface area contributed by atoms with Crippen molar-refractivity contribution in [2.24, 2.45) is 0 Å². The molecule has 5 heteroatoms. The molecule has 27 heavy (non-hydrogen) atoms. The molecule has 2 aromatic rings. The zero-order valence-corrected chi connectivity index (χ0v) is 16.0. The summed E-state index contributed by atoms with van der Waals surface area (Å²) in [5.41, 5.74) is 3.00. The molecular formula is C22H26N2O3. The first-order valence-electron chi connectivity index (χ1n) is 9.42. The number of nitrogens with zero attached hydrogens (tertiary/aromatic N) is 2. The standard InChI is InChI=1S/C22H26N2O3/c1-3-18-5-4-6-21(15-18)27-16-22(26)24-13-11-23(12-14-24)20-9-7-19(8-10-20)17(2)25/h4-10,15H,3,11-14,16H2,1-2H3. The van der Waals surface area contributed by atoms with E-state index in [1.807, 2.05) is 47.4 Å². The monoisotopic (exact) mass is 366 g/mol. The molecule has 1 saturated heterocycles. The fourth-order valence-electron chi connectivity index (χ4n) is 3.21. The maximum Gasteiger partial charge on any atom is 0.260 e. The summed E-state index contributed by atoms with van der Waals surface area (Å²) in [7, 11) is 0. The molecule has 1 aliphatic rings. The van der Waals surface area contributed by atoms with Crippen LogP contribution in [0.3, 0.4) is 0 Å². The molecule has 0 atom stereocenters. The number of ketones is 1. The van der Waals surface area contributed by atoms with Crippen molar-refractivity contribution < 1.29 is 14.3 Å². The minimum Gasteiger partial charge on any atom is -0.484 e. The second kappa shape index (κ2) is 8.71. The SMILES string of the molecule is CCc1cccc(OCC(=O)N2CCN(c3ccc(C(C)=O)cc3)CC2)c1. The van der Waals surface area contributed by atoms with Gasteiger partial charge in [0.2, 0.25) is 0 Å². The van der Waals surface area contributed by atoms with E-state index in [2.05, 4.69) is 17.9 Å². The molecule has 0 spiro atoms. The van der Waals surface area contributed by atoms with Crippen LogP contribution in [-0.2, 0) is 11.2 Å². The summed E-state index contributed by atoms with van der Waals surface area (Å²) in [6.07, 6.45) is 0.945. The van der Waals surface area contributed by atoms with Crippen molar-refractivity contribution in [3.05, 3.63) is 59.7 Å². The van der Waals surface area contributed by atoms with Crippen molar-refractivity contribution in [3.8, 4) is 5.75 Å². The second-order valence-corrected chi connectivity index (χ2v) is 6.76. The summed E-state index contributed by atoms with van der Waals surface area (Å²) in [5, 5.41) is 0. The maximum atomic E-state index is 12.4. The molecule has 1 fully saturated rings. The molecular weight excluding hydrogens is 340 g/mol. The summed E-state index contributed by atoms with van der Waals surface area (Å²) >= 11 is 0. The molecule has 2 aromatic carbocycles. The molecule has 0 aromatic heterocycles. The lowest BCUT2D eigenvalue weighted by Crippen LogP contribution is -2.50. The van der Waals surface area contributed by atoms with E-state index in [1.165, 1.54) is 5.56 Å². The van der Waals surface area contributed by atoms with Crippen LogP contribution in [0.1, 0.15) is 29.8 Å². The fraction of sp³-hybridized carbons (Fsp3) is 0.364. The lowest BCUT2D eigenvalue weighted by Gasteiger charge is -2.36. The predicted octanol–water partition coefficient (Wildman–Crippen LogP) is 3.18. The molecule has 1 amide bonds. The average molecular weight is 366 g/mol. The van der Waals surface area contributed by atoms with Crippen LogP contribution in [0.25, 0.3) is 0 Å². The van der Waals surface area contributed by atoms with Gasteiger partial charge in [-0.2, -0.15) is 0 Å². The topological polar surface area (TPSA) is 49.9 Å². The maximum absolute atomic E-state index is 12.4. The summed E-state index contributed by atoms with van der Waals surface area (Å²) in [5.74, 6) is 0.830.